The molecule has 5 rings (SSSR count). The molecule has 0 amide bonds. The summed E-state index contributed by atoms with van der Waals surface area (Å²) in [4.78, 5) is 6.23. The summed E-state index contributed by atoms with van der Waals surface area (Å²) in [7, 11) is 0. The highest BCUT2D eigenvalue weighted by Crippen LogP contribution is 2.45. The first kappa shape index (κ1) is 17.0. The maximum Gasteiger partial charge on any atom is 0.169 e. The van der Waals surface area contributed by atoms with Gasteiger partial charge in [-0.2, -0.15) is 0 Å². The first-order valence-electron chi connectivity index (χ1n) is 9.17. The minimum Gasteiger partial charge on any atom is -0.310 e. The monoisotopic (exact) mass is 388 g/mol. The van der Waals surface area contributed by atoms with Crippen LogP contribution in [0.1, 0.15) is 17.2 Å². The van der Waals surface area contributed by atoms with Crippen LogP contribution in [0.25, 0.3) is 11.0 Å². The number of hydrogen-bond donors (Lipinski definition) is 0. The highest BCUT2D eigenvalue weighted by molar-refractivity contribution is 8.03. The van der Waals surface area contributed by atoms with Crippen molar-refractivity contribution in [3.63, 3.8) is 0 Å². The quantitative estimate of drug-likeness (QED) is 0.416. The van der Waals surface area contributed by atoms with Crippen LogP contribution < -0.4 is 0 Å². The van der Waals surface area contributed by atoms with E-state index in [2.05, 4.69) is 90.4 Å². The molecule has 2 atom stereocenters. The molecule has 4 aromatic rings. The van der Waals surface area contributed by atoms with Crippen molar-refractivity contribution >= 4 is 34.6 Å². The van der Waals surface area contributed by atoms with Crippen molar-refractivity contribution in [3.05, 3.63) is 90.0 Å². The van der Waals surface area contributed by atoms with E-state index in [1.54, 1.807) is 0 Å². The molecule has 3 aromatic carbocycles. The van der Waals surface area contributed by atoms with Crippen LogP contribution in [-0.2, 0) is 0 Å². The molecule has 0 aliphatic carbocycles. The zero-order valence-corrected chi connectivity index (χ0v) is 16.7. The molecule has 27 heavy (non-hydrogen) atoms. The van der Waals surface area contributed by atoms with Crippen molar-refractivity contribution in [1.29, 1.82) is 0 Å². The van der Waals surface area contributed by atoms with Crippen molar-refractivity contribution in [3.8, 4) is 0 Å². The lowest BCUT2D eigenvalue weighted by molar-refractivity contribution is 0.539. The molecule has 1 aromatic heterocycles. The second kappa shape index (κ2) is 7.10. The Hall–Kier alpha value is -2.17. The van der Waals surface area contributed by atoms with Gasteiger partial charge in [0.2, 0.25) is 0 Å². The Labute approximate surface area is 168 Å². The number of fused-ring (bicyclic) bond motifs is 3. The van der Waals surface area contributed by atoms with Gasteiger partial charge in [-0.25, -0.2) is 4.98 Å². The summed E-state index contributed by atoms with van der Waals surface area (Å²) in [6.45, 7) is 2.14. The van der Waals surface area contributed by atoms with Crippen LogP contribution in [0.2, 0.25) is 0 Å². The Bertz CT molecular complexity index is 1070. The number of hydrogen-bond acceptors (Lipinski definition) is 3. The molecule has 2 nitrogen and oxygen atoms in total. The van der Waals surface area contributed by atoms with Gasteiger partial charge in [-0.05, 0) is 36.8 Å². The van der Waals surface area contributed by atoms with Gasteiger partial charge < -0.3 is 4.57 Å². The lowest BCUT2D eigenvalue weighted by Crippen LogP contribution is -2.29. The third kappa shape index (κ3) is 3.17. The summed E-state index contributed by atoms with van der Waals surface area (Å²) >= 11 is 3.86. The molecule has 1 aliphatic rings. The summed E-state index contributed by atoms with van der Waals surface area (Å²) < 4.78 is 2.45. The Morgan fingerprint density at radius 3 is 2.48 bits per heavy atom. The van der Waals surface area contributed by atoms with Gasteiger partial charge in [-0.1, -0.05) is 71.9 Å². The van der Waals surface area contributed by atoms with E-state index in [1.165, 1.54) is 21.5 Å². The van der Waals surface area contributed by atoms with Gasteiger partial charge in [0, 0.05) is 15.9 Å². The van der Waals surface area contributed by atoms with Crippen LogP contribution in [0.3, 0.4) is 0 Å². The number of rotatable bonds is 3. The fourth-order valence-electron chi connectivity index (χ4n) is 3.71. The van der Waals surface area contributed by atoms with Crippen LogP contribution >= 0.6 is 23.5 Å². The Morgan fingerprint density at radius 2 is 1.67 bits per heavy atom. The zero-order valence-electron chi connectivity index (χ0n) is 15.1. The minimum absolute atomic E-state index is 0.279. The van der Waals surface area contributed by atoms with Crippen molar-refractivity contribution < 1.29 is 0 Å². The van der Waals surface area contributed by atoms with Crippen LogP contribution in [-0.4, -0.2) is 20.6 Å². The van der Waals surface area contributed by atoms with E-state index >= 15 is 0 Å². The maximum absolute atomic E-state index is 4.90. The second-order valence-corrected chi connectivity index (χ2v) is 9.19. The smallest absolute Gasteiger partial charge is 0.169 e. The van der Waals surface area contributed by atoms with E-state index in [1.807, 2.05) is 23.5 Å². The van der Waals surface area contributed by atoms with Crippen LogP contribution in [0.4, 0.5) is 0 Å². The summed E-state index contributed by atoms with van der Waals surface area (Å²) in [5.41, 5.74) is 4.97. The van der Waals surface area contributed by atoms with Crippen molar-refractivity contribution in [2.75, 3.05) is 5.75 Å². The van der Waals surface area contributed by atoms with Gasteiger partial charge in [-0.15, -0.1) is 11.8 Å². The third-order valence-electron chi connectivity index (χ3n) is 5.02. The first-order valence-corrected chi connectivity index (χ1v) is 11.0. The van der Waals surface area contributed by atoms with Gasteiger partial charge in [0.15, 0.2) is 5.16 Å². The van der Waals surface area contributed by atoms with Crippen molar-refractivity contribution in [1.82, 2.24) is 9.55 Å². The van der Waals surface area contributed by atoms with Crippen molar-refractivity contribution in [2.45, 2.75) is 28.3 Å². The molecule has 0 radical (unpaired) electrons. The van der Waals surface area contributed by atoms with E-state index in [9.17, 15) is 0 Å². The number of benzene rings is 3. The Kier molecular flexibility index (Phi) is 4.46. The predicted octanol–water partition coefficient (Wildman–Crippen LogP) is 6.20. The van der Waals surface area contributed by atoms with Gasteiger partial charge in [-0.3, -0.25) is 0 Å². The standard InChI is InChI=1S/C23H20N2S2/c1-16-11-13-18(14-12-16)27-21-15-26-23-24-19-9-5-6-10-20(19)25(23)22(21)17-7-3-2-4-8-17/h2-14,21-22H,15H2,1H3. The average Bonchev–Trinajstić information content (AvgIpc) is 3.09. The fraction of sp³-hybridized carbons (Fsp3) is 0.174. The summed E-state index contributed by atoms with van der Waals surface area (Å²) in [5, 5.41) is 1.58. The molecular weight excluding hydrogens is 368 g/mol. The molecule has 134 valence electrons. The molecule has 0 N–H and O–H groups in total. The molecule has 0 bridgehead atoms. The predicted molar refractivity (Wildman–Crippen MR) is 116 cm³/mol. The largest absolute Gasteiger partial charge is 0.310 e. The lowest BCUT2D eigenvalue weighted by Gasteiger charge is -2.33. The van der Waals surface area contributed by atoms with Gasteiger partial charge in [0.1, 0.15) is 0 Å². The number of aryl methyl sites for hydroxylation is 1. The number of aromatic nitrogens is 2. The molecule has 0 fully saturated rings. The second-order valence-electron chi connectivity index (χ2n) is 6.89. The van der Waals surface area contributed by atoms with Gasteiger partial charge in [0.25, 0.3) is 0 Å². The van der Waals surface area contributed by atoms with Crippen molar-refractivity contribution in [2.24, 2.45) is 0 Å². The SMILES string of the molecule is Cc1ccc(SC2CSc3nc4ccccc4n3C2c2ccccc2)cc1. The highest BCUT2D eigenvalue weighted by atomic mass is 32.2. The summed E-state index contributed by atoms with van der Waals surface area (Å²) in [5.74, 6) is 1.06. The fourth-order valence-corrected chi connectivity index (χ4v) is 6.25. The van der Waals surface area contributed by atoms with E-state index in [-0.39, 0.29) is 6.04 Å². The Balaban J connectivity index is 1.62. The molecule has 2 heterocycles. The van der Waals surface area contributed by atoms with E-state index in [0.29, 0.717) is 5.25 Å². The van der Waals surface area contributed by atoms with Gasteiger partial charge in [0.05, 0.1) is 17.1 Å². The maximum atomic E-state index is 4.90. The molecule has 0 spiro atoms. The van der Waals surface area contributed by atoms with Gasteiger partial charge >= 0.3 is 0 Å². The molecule has 0 saturated carbocycles. The molecule has 1 aliphatic heterocycles. The zero-order chi connectivity index (χ0) is 18.2. The lowest BCUT2D eigenvalue weighted by atomic mass is 10.0. The topological polar surface area (TPSA) is 17.8 Å². The highest BCUT2D eigenvalue weighted by Gasteiger charge is 2.34. The van der Waals surface area contributed by atoms with E-state index in [0.717, 1.165) is 16.4 Å². The summed E-state index contributed by atoms with van der Waals surface area (Å²) in [6, 6.07) is 28.5. The molecule has 4 heteroatoms. The first-order chi connectivity index (χ1) is 13.3. The average molecular weight is 389 g/mol. The minimum atomic E-state index is 0.279. The molecule has 2 unspecified atom stereocenters. The number of imidazole rings is 1. The third-order valence-corrected chi connectivity index (χ3v) is 7.57. The number of thioether (sulfide) groups is 2. The van der Waals surface area contributed by atoms with Crippen LogP contribution in [0.15, 0.2) is 88.9 Å². The normalized spacial score (nSPS) is 19.1. The number of para-hydroxylation sites is 2. The summed E-state index contributed by atoms with van der Waals surface area (Å²) in [6.07, 6.45) is 0. The molecule has 0 saturated heterocycles. The number of nitrogens with zero attached hydrogens (tertiary/aromatic N) is 2. The van der Waals surface area contributed by atoms with Crippen LogP contribution in [0.5, 0.6) is 0 Å². The Morgan fingerprint density at radius 1 is 0.926 bits per heavy atom. The molecular formula is C23H20N2S2. The van der Waals surface area contributed by atoms with Crippen LogP contribution in [0, 0.1) is 6.92 Å². The van der Waals surface area contributed by atoms with E-state index in [4.69, 9.17) is 4.98 Å². The van der Waals surface area contributed by atoms with E-state index < -0.39 is 0 Å².